The van der Waals surface area contributed by atoms with Crippen molar-refractivity contribution in [2.45, 2.75) is 18.1 Å². The van der Waals surface area contributed by atoms with Gasteiger partial charge >= 0.3 is 5.97 Å². The second kappa shape index (κ2) is 6.84. The molecule has 2 fully saturated rings. The second-order valence-corrected chi connectivity index (χ2v) is 7.81. The number of hydrogen-bond acceptors (Lipinski definition) is 4. The third-order valence-corrected chi connectivity index (χ3v) is 6.15. The Balaban J connectivity index is 1.53. The predicted molar refractivity (Wildman–Crippen MR) is 101 cm³/mol. The van der Waals surface area contributed by atoms with Gasteiger partial charge in [-0.1, -0.05) is 30.3 Å². The highest BCUT2D eigenvalue weighted by atomic mass is 19.1. The zero-order chi connectivity index (χ0) is 20.1. The minimum absolute atomic E-state index is 0.0672. The molecule has 3 aliphatic rings. The number of hydrogen-bond donors (Lipinski definition) is 2. The minimum Gasteiger partial charge on any atom is -0.485 e. The molecule has 5 atom stereocenters. The fourth-order valence-corrected chi connectivity index (χ4v) is 4.59. The Bertz CT molecular complexity index is 969. The van der Waals surface area contributed by atoms with Crippen LogP contribution in [0.25, 0.3) is 0 Å². The molecule has 5 rings (SSSR count). The molecule has 2 aliphatic heterocycles. The number of carboxylic acids is 1. The van der Waals surface area contributed by atoms with E-state index >= 15 is 0 Å². The molecule has 1 unspecified atom stereocenters. The highest BCUT2D eigenvalue weighted by molar-refractivity contribution is 6.00. The number of carboxylic acid groups (broad SMARTS) is 1. The van der Waals surface area contributed by atoms with Crippen molar-refractivity contribution in [3.8, 4) is 5.75 Å². The van der Waals surface area contributed by atoms with E-state index in [2.05, 4.69) is 5.32 Å². The molecule has 1 amide bonds. The van der Waals surface area contributed by atoms with E-state index < -0.39 is 24.7 Å². The van der Waals surface area contributed by atoms with Gasteiger partial charge in [0.1, 0.15) is 24.1 Å². The number of ether oxygens (including phenoxy) is 2. The largest absolute Gasteiger partial charge is 0.485 e. The van der Waals surface area contributed by atoms with E-state index in [0.717, 1.165) is 5.56 Å². The van der Waals surface area contributed by atoms with Crippen LogP contribution in [-0.2, 0) is 4.74 Å². The van der Waals surface area contributed by atoms with Crippen LogP contribution in [0, 0.1) is 11.8 Å². The summed E-state index contributed by atoms with van der Waals surface area (Å²) >= 11 is 0. The maximum atomic E-state index is 13.7. The number of nitrogens with one attached hydrogen (secondary N) is 1. The lowest BCUT2D eigenvalue weighted by Crippen LogP contribution is -2.30. The summed E-state index contributed by atoms with van der Waals surface area (Å²) in [6, 6.07) is 12.3. The van der Waals surface area contributed by atoms with Crippen LogP contribution in [0.2, 0.25) is 0 Å². The van der Waals surface area contributed by atoms with E-state index in [0.29, 0.717) is 30.6 Å². The van der Waals surface area contributed by atoms with Gasteiger partial charge in [0.05, 0.1) is 19.1 Å². The summed E-state index contributed by atoms with van der Waals surface area (Å²) < 4.78 is 24.8. The molecular weight excluding hydrogens is 377 g/mol. The van der Waals surface area contributed by atoms with Gasteiger partial charge < -0.3 is 19.9 Å². The molecule has 2 N–H and O–H groups in total. The van der Waals surface area contributed by atoms with Gasteiger partial charge in [-0.3, -0.25) is 4.79 Å². The molecule has 29 heavy (non-hydrogen) atoms. The molecule has 1 saturated heterocycles. The van der Waals surface area contributed by atoms with Crippen molar-refractivity contribution in [3.05, 3.63) is 64.7 Å². The van der Waals surface area contributed by atoms with Crippen LogP contribution >= 0.6 is 0 Å². The Morgan fingerprint density at radius 2 is 1.86 bits per heavy atom. The maximum Gasteiger partial charge on any atom is 0.339 e. The van der Waals surface area contributed by atoms with E-state index in [4.69, 9.17) is 9.47 Å². The molecular formula is C22H20FNO5. The molecule has 6 nitrogen and oxygen atoms in total. The van der Waals surface area contributed by atoms with E-state index in [-0.39, 0.29) is 28.8 Å². The number of fused-ring (bicyclic) bond motifs is 2. The predicted octanol–water partition coefficient (Wildman–Crippen LogP) is 2.62. The van der Waals surface area contributed by atoms with Crippen molar-refractivity contribution in [3.63, 3.8) is 0 Å². The van der Waals surface area contributed by atoms with Crippen LogP contribution in [0.15, 0.2) is 42.5 Å². The summed E-state index contributed by atoms with van der Waals surface area (Å²) in [5, 5.41) is 12.7. The van der Waals surface area contributed by atoms with E-state index in [1.54, 1.807) is 6.07 Å². The minimum atomic E-state index is -1.21. The molecule has 2 aromatic carbocycles. The summed E-state index contributed by atoms with van der Waals surface area (Å²) in [6.45, 7) is 0.519. The number of aromatic carboxylic acids is 1. The molecule has 150 valence electrons. The molecule has 1 aliphatic carbocycles. The van der Waals surface area contributed by atoms with E-state index in [1.165, 1.54) is 6.07 Å². The molecule has 2 aromatic rings. The summed E-state index contributed by atoms with van der Waals surface area (Å²) in [6.07, 6.45) is -0.830. The lowest BCUT2D eigenvalue weighted by Gasteiger charge is -2.16. The first-order valence-corrected chi connectivity index (χ1v) is 9.66. The van der Waals surface area contributed by atoms with Gasteiger partial charge in [0.2, 0.25) is 0 Å². The average Bonchev–Trinajstić information content (AvgIpc) is 3.10. The quantitative estimate of drug-likeness (QED) is 0.810. The molecule has 0 spiro atoms. The third-order valence-electron chi connectivity index (χ3n) is 6.15. The Kier molecular flexibility index (Phi) is 4.28. The van der Waals surface area contributed by atoms with Gasteiger partial charge in [0, 0.05) is 29.0 Å². The average molecular weight is 397 g/mol. The van der Waals surface area contributed by atoms with Gasteiger partial charge in [-0.15, -0.1) is 0 Å². The van der Waals surface area contributed by atoms with Crippen LogP contribution in [0.5, 0.6) is 5.75 Å². The van der Waals surface area contributed by atoms with Crippen molar-refractivity contribution >= 4 is 11.9 Å². The summed E-state index contributed by atoms with van der Waals surface area (Å²) in [4.78, 5) is 24.7. The number of carbonyl (C=O) groups is 2. The highest BCUT2D eigenvalue weighted by Crippen LogP contribution is 2.46. The normalized spacial score (nSPS) is 28.9. The van der Waals surface area contributed by atoms with Gasteiger partial charge in [0.15, 0.2) is 0 Å². The van der Waals surface area contributed by atoms with Crippen LogP contribution in [-0.4, -0.2) is 49.0 Å². The summed E-state index contributed by atoms with van der Waals surface area (Å²) in [7, 11) is 0. The number of alkyl halides is 1. The van der Waals surface area contributed by atoms with Crippen molar-refractivity contribution < 1.29 is 28.6 Å². The second-order valence-electron chi connectivity index (χ2n) is 7.81. The highest BCUT2D eigenvalue weighted by Gasteiger charge is 2.54. The SMILES string of the molecule is O=C(NC1[C@H]2COC[C@@H]12)c1cc(C(=O)O)c2c(c1)[C@H](c1ccccc1)[C@@H](CF)O2. The van der Waals surface area contributed by atoms with Gasteiger partial charge in [0.25, 0.3) is 5.91 Å². The lowest BCUT2D eigenvalue weighted by molar-refractivity contribution is 0.0689. The van der Waals surface area contributed by atoms with Crippen LogP contribution in [0.1, 0.15) is 37.8 Å². The first-order chi connectivity index (χ1) is 14.1. The Hall–Kier alpha value is -2.93. The fourth-order valence-electron chi connectivity index (χ4n) is 4.59. The van der Waals surface area contributed by atoms with E-state index in [1.807, 2.05) is 30.3 Å². The van der Waals surface area contributed by atoms with Gasteiger partial charge in [-0.2, -0.15) is 0 Å². The number of halogens is 1. The number of amides is 1. The summed E-state index contributed by atoms with van der Waals surface area (Å²) in [5.74, 6) is -1.20. The van der Waals surface area contributed by atoms with Crippen molar-refractivity contribution in [2.75, 3.05) is 19.9 Å². The molecule has 0 aromatic heterocycles. The van der Waals surface area contributed by atoms with Crippen molar-refractivity contribution in [2.24, 2.45) is 11.8 Å². The molecule has 1 saturated carbocycles. The van der Waals surface area contributed by atoms with Crippen molar-refractivity contribution in [1.29, 1.82) is 0 Å². The molecule has 0 radical (unpaired) electrons. The topological polar surface area (TPSA) is 84.9 Å². The monoisotopic (exact) mass is 397 g/mol. The summed E-state index contributed by atoms with van der Waals surface area (Å²) in [5.41, 5.74) is 1.47. The smallest absolute Gasteiger partial charge is 0.339 e. The van der Waals surface area contributed by atoms with Crippen molar-refractivity contribution in [1.82, 2.24) is 5.32 Å². The van der Waals surface area contributed by atoms with E-state index in [9.17, 15) is 19.1 Å². The molecule has 2 heterocycles. The number of carbonyl (C=O) groups excluding carboxylic acids is 1. The standard InChI is InChI=1S/C22H20FNO5/c23-8-17-18(11-4-2-1-3-5-11)13-6-12(7-14(22(26)27)20(13)29-17)21(25)24-19-15-9-28-10-16(15)19/h1-7,15-19H,8-10H2,(H,24,25)(H,26,27)/t15-,16+,17-,18+,19?/m1/s1. The Morgan fingerprint density at radius 3 is 2.52 bits per heavy atom. The number of rotatable bonds is 5. The van der Waals surface area contributed by atoms with Gasteiger partial charge in [-0.25, -0.2) is 9.18 Å². The first-order valence-electron chi connectivity index (χ1n) is 9.66. The Labute approximate surface area is 166 Å². The fraction of sp³-hybridized carbons (Fsp3) is 0.364. The Morgan fingerprint density at radius 1 is 1.14 bits per heavy atom. The van der Waals surface area contributed by atoms with Crippen LogP contribution < -0.4 is 10.1 Å². The molecule has 0 bridgehead atoms. The first kappa shape index (κ1) is 18.1. The lowest BCUT2D eigenvalue weighted by atomic mass is 9.87. The van der Waals surface area contributed by atoms with Crippen LogP contribution in [0.4, 0.5) is 4.39 Å². The van der Waals surface area contributed by atoms with Gasteiger partial charge in [-0.05, 0) is 17.7 Å². The molecule has 7 heteroatoms. The zero-order valence-corrected chi connectivity index (χ0v) is 15.5. The maximum absolute atomic E-state index is 13.7. The van der Waals surface area contributed by atoms with Crippen LogP contribution in [0.3, 0.4) is 0 Å². The number of benzene rings is 2. The zero-order valence-electron chi connectivity index (χ0n) is 15.5. The third kappa shape index (κ3) is 2.97.